The molecular formula is C17H23N5S. The number of aromatic nitrogens is 3. The summed E-state index contributed by atoms with van der Waals surface area (Å²) >= 11 is 1.77. The predicted octanol–water partition coefficient (Wildman–Crippen LogP) is 2.82. The SMILES string of the molecule is c1cnc(N2CCC3(CCCN(Cc4nccs4)C3)CC2)nc1. The summed E-state index contributed by atoms with van der Waals surface area (Å²) in [6.45, 7) is 5.61. The van der Waals surface area contributed by atoms with Crippen molar-refractivity contribution in [3.8, 4) is 0 Å². The number of hydrogen-bond acceptors (Lipinski definition) is 6. The highest BCUT2D eigenvalue weighted by atomic mass is 32.1. The van der Waals surface area contributed by atoms with Crippen LogP contribution in [0.4, 0.5) is 5.95 Å². The first-order valence-corrected chi connectivity index (χ1v) is 9.34. The van der Waals surface area contributed by atoms with E-state index >= 15 is 0 Å². The Hall–Kier alpha value is -1.53. The van der Waals surface area contributed by atoms with Crippen LogP contribution in [0.25, 0.3) is 0 Å². The fourth-order valence-corrected chi connectivity index (χ4v) is 4.67. The monoisotopic (exact) mass is 329 g/mol. The molecular weight excluding hydrogens is 306 g/mol. The summed E-state index contributed by atoms with van der Waals surface area (Å²) in [5, 5.41) is 3.32. The fourth-order valence-electron chi connectivity index (χ4n) is 4.01. The minimum Gasteiger partial charge on any atom is -0.341 e. The molecule has 0 aromatic carbocycles. The second-order valence-corrected chi connectivity index (χ2v) is 7.76. The summed E-state index contributed by atoms with van der Waals surface area (Å²) in [6, 6.07) is 1.88. The Morgan fingerprint density at radius 1 is 1.00 bits per heavy atom. The number of anilines is 1. The van der Waals surface area contributed by atoms with Gasteiger partial charge in [-0.15, -0.1) is 11.3 Å². The lowest BCUT2D eigenvalue weighted by atomic mass is 9.72. The lowest BCUT2D eigenvalue weighted by molar-refractivity contribution is 0.0603. The molecule has 2 aromatic heterocycles. The van der Waals surface area contributed by atoms with Crippen molar-refractivity contribution in [2.75, 3.05) is 31.1 Å². The fraction of sp³-hybridized carbons (Fsp3) is 0.588. The Bertz CT molecular complexity index is 607. The van der Waals surface area contributed by atoms with E-state index in [4.69, 9.17) is 0 Å². The molecule has 2 saturated heterocycles. The van der Waals surface area contributed by atoms with Gasteiger partial charge in [0.1, 0.15) is 5.01 Å². The van der Waals surface area contributed by atoms with Crippen LogP contribution >= 0.6 is 11.3 Å². The van der Waals surface area contributed by atoms with Crippen molar-refractivity contribution in [1.82, 2.24) is 19.9 Å². The van der Waals surface area contributed by atoms with Crippen molar-refractivity contribution >= 4 is 17.3 Å². The number of likely N-dealkylation sites (tertiary alicyclic amines) is 1. The zero-order chi connectivity index (χ0) is 15.5. The van der Waals surface area contributed by atoms with Gasteiger partial charge >= 0.3 is 0 Å². The number of thiazole rings is 1. The van der Waals surface area contributed by atoms with Gasteiger partial charge < -0.3 is 4.90 Å². The third-order valence-corrected chi connectivity index (χ3v) is 6.01. The van der Waals surface area contributed by atoms with Gasteiger partial charge in [-0.1, -0.05) is 0 Å². The number of piperidine rings is 2. The van der Waals surface area contributed by atoms with E-state index in [1.165, 1.54) is 43.8 Å². The van der Waals surface area contributed by atoms with Crippen molar-refractivity contribution in [1.29, 1.82) is 0 Å². The molecule has 0 aliphatic carbocycles. The zero-order valence-electron chi connectivity index (χ0n) is 13.4. The minimum absolute atomic E-state index is 0.487. The maximum Gasteiger partial charge on any atom is 0.225 e. The van der Waals surface area contributed by atoms with Gasteiger partial charge in [-0.05, 0) is 43.7 Å². The average Bonchev–Trinajstić information content (AvgIpc) is 3.10. The smallest absolute Gasteiger partial charge is 0.225 e. The average molecular weight is 329 g/mol. The van der Waals surface area contributed by atoms with Crippen LogP contribution in [0.5, 0.6) is 0 Å². The summed E-state index contributed by atoms with van der Waals surface area (Å²) < 4.78 is 0. The van der Waals surface area contributed by atoms with Gasteiger partial charge in [0.2, 0.25) is 5.95 Å². The maximum absolute atomic E-state index is 4.45. The van der Waals surface area contributed by atoms with Crippen LogP contribution in [0.2, 0.25) is 0 Å². The molecule has 0 N–H and O–H groups in total. The van der Waals surface area contributed by atoms with Gasteiger partial charge in [0, 0.05) is 43.6 Å². The summed E-state index contributed by atoms with van der Waals surface area (Å²) in [4.78, 5) is 18.2. The summed E-state index contributed by atoms with van der Waals surface area (Å²) in [5.41, 5.74) is 0.487. The first-order valence-electron chi connectivity index (χ1n) is 8.46. The molecule has 4 rings (SSSR count). The molecule has 0 unspecified atom stereocenters. The Labute approximate surface area is 141 Å². The van der Waals surface area contributed by atoms with Gasteiger partial charge in [0.15, 0.2) is 0 Å². The van der Waals surface area contributed by atoms with Crippen LogP contribution in [-0.4, -0.2) is 46.0 Å². The van der Waals surface area contributed by atoms with E-state index < -0.39 is 0 Å². The molecule has 2 fully saturated rings. The van der Waals surface area contributed by atoms with Crippen LogP contribution < -0.4 is 4.90 Å². The van der Waals surface area contributed by atoms with Crippen LogP contribution in [0, 0.1) is 5.41 Å². The highest BCUT2D eigenvalue weighted by Gasteiger charge is 2.38. The molecule has 6 heteroatoms. The van der Waals surface area contributed by atoms with Crippen molar-refractivity contribution in [2.24, 2.45) is 5.41 Å². The predicted molar refractivity (Wildman–Crippen MR) is 92.5 cm³/mol. The van der Waals surface area contributed by atoms with Gasteiger partial charge in [-0.2, -0.15) is 0 Å². The highest BCUT2D eigenvalue weighted by Crippen LogP contribution is 2.40. The van der Waals surface area contributed by atoms with Gasteiger partial charge in [0.25, 0.3) is 0 Å². The van der Waals surface area contributed by atoms with E-state index in [-0.39, 0.29) is 0 Å². The Balaban J connectivity index is 1.38. The second-order valence-electron chi connectivity index (χ2n) is 6.78. The van der Waals surface area contributed by atoms with Gasteiger partial charge in [-0.3, -0.25) is 4.90 Å². The third kappa shape index (κ3) is 3.38. The van der Waals surface area contributed by atoms with E-state index in [1.54, 1.807) is 11.3 Å². The molecule has 2 aliphatic heterocycles. The molecule has 4 heterocycles. The molecule has 122 valence electrons. The first-order chi connectivity index (χ1) is 11.3. The van der Waals surface area contributed by atoms with E-state index in [0.29, 0.717) is 5.41 Å². The molecule has 2 aromatic rings. The van der Waals surface area contributed by atoms with Crippen LogP contribution in [0.15, 0.2) is 30.0 Å². The highest BCUT2D eigenvalue weighted by molar-refractivity contribution is 7.09. The molecule has 0 radical (unpaired) electrons. The molecule has 0 amide bonds. The Morgan fingerprint density at radius 2 is 1.83 bits per heavy atom. The van der Waals surface area contributed by atoms with Crippen LogP contribution in [0.1, 0.15) is 30.7 Å². The van der Waals surface area contributed by atoms with Gasteiger partial charge in [0.05, 0.1) is 6.54 Å². The van der Waals surface area contributed by atoms with E-state index in [0.717, 1.165) is 25.6 Å². The van der Waals surface area contributed by atoms with Crippen molar-refractivity contribution in [3.05, 3.63) is 35.0 Å². The second kappa shape index (κ2) is 6.53. The molecule has 2 aliphatic rings. The Morgan fingerprint density at radius 3 is 2.57 bits per heavy atom. The molecule has 0 saturated carbocycles. The third-order valence-electron chi connectivity index (χ3n) is 5.24. The van der Waals surface area contributed by atoms with E-state index in [2.05, 4.69) is 30.1 Å². The molecule has 23 heavy (non-hydrogen) atoms. The first kappa shape index (κ1) is 15.0. The molecule has 1 spiro atoms. The quantitative estimate of drug-likeness (QED) is 0.866. The summed E-state index contributed by atoms with van der Waals surface area (Å²) in [7, 11) is 0. The standard InChI is InChI=1S/C17H23N5S/c1-3-17(14-21(9-1)13-15-18-8-12-23-15)4-10-22(11-5-17)16-19-6-2-7-20-16/h2,6-8,12H,1,3-5,9-11,13-14H2. The molecule has 0 atom stereocenters. The largest absolute Gasteiger partial charge is 0.341 e. The van der Waals surface area contributed by atoms with E-state index in [9.17, 15) is 0 Å². The lowest BCUT2D eigenvalue weighted by Gasteiger charge is -2.47. The number of nitrogens with zero attached hydrogens (tertiary/aromatic N) is 5. The molecule has 0 bridgehead atoms. The summed E-state index contributed by atoms with van der Waals surface area (Å²) in [6.07, 6.45) is 10.8. The van der Waals surface area contributed by atoms with E-state index in [1.807, 2.05) is 24.7 Å². The maximum atomic E-state index is 4.45. The number of hydrogen-bond donors (Lipinski definition) is 0. The zero-order valence-corrected chi connectivity index (χ0v) is 14.2. The minimum atomic E-state index is 0.487. The molecule has 5 nitrogen and oxygen atoms in total. The van der Waals surface area contributed by atoms with Crippen molar-refractivity contribution < 1.29 is 0 Å². The number of rotatable bonds is 3. The van der Waals surface area contributed by atoms with Crippen molar-refractivity contribution in [2.45, 2.75) is 32.2 Å². The van der Waals surface area contributed by atoms with Crippen molar-refractivity contribution in [3.63, 3.8) is 0 Å². The van der Waals surface area contributed by atoms with Gasteiger partial charge in [-0.25, -0.2) is 15.0 Å². The normalized spacial score (nSPS) is 21.7. The van der Waals surface area contributed by atoms with Crippen LogP contribution in [-0.2, 0) is 6.54 Å². The van der Waals surface area contributed by atoms with Crippen LogP contribution in [0.3, 0.4) is 0 Å². The lowest BCUT2D eigenvalue weighted by Crippen LogP contribution is -2.49. The topological polar surface area (TPSA) is 45.2 Å². The summed E-state index contributed by atoms with van der Waals surface area (Å²) in [5.74, 6) is 0.887. The Kier molecular flexibility index (Phi) is 4.27.